The fraction of sp³-hybridized carbons (Fsp3) is 0.750. The van der Waals surface area contributed by atoms with Gasteiger partial charge in [0.05, 0.1) is 13.3 Å². The van der Waals surface area contributed by atoms with Gasteiger partial charge in [-0.25, -0.2) is 4.98 Å². The van der Waals surface area contributed by atoms with E-state index in [-0.39, 0.29) is 11.8 Å². The van der Waals surface area contributed by atoms with Crippen LogP contribution in [-0.4, -0.2) is 28.2 Å². The molecule has 1 atom stereocenters. The van der Waals surface area contributed by atoms with Crippen LogP contribution in [0.5, 0.6) is 5.88 Å². The van der Waals surface area contributed by atoms with Gasteiger partial charge in [-0.3, -0.25) is 4.79 Å². The number of imidazole rings is 1. The molecule has 0 saturated heterocycles. The first kappa shape index (κ1) is 17.5. The molecule has 1 unspecified atom stereocenters. The average molecular weight is 296 g/mol. The molecular formula is C16H28N2O3. The fourth-order valence-corrected chi connectivity index (χ4v) is 2.49. The molecule has 0 saturated carbocycles. The third kappa shape index (κ3) is 6.65. The number of rotatable bonds is 11. The fourth-order valence-electron chi connectivity index (χ4n) is 2.49. The molecule has 0 amide bonds. The van der Waals surface area contributed by atoms with Crippen molar-refractivity contribution in [1.29, 1.82) is 0 Å². The number of aromatic amines is 1. The summed E-state index contributed by atoms with van der Waals surface area (Å²) in [7, 11) is 1.38. The van der Waals surface area contributed by atoms with E-state index in [2.05, 4.69) is 16.9 Å². The Morgan fingerprint density at radius 3 is 2.38 bits per heavy atom. The van der Waals surface area contributed by atoms with E-state index < -0.39 is 5.92 Å². The molecule has 0 bridgehead atoms. The Labute approximate surface area is 127 Å². The van der Waals surface area contributed by atoms with Crippen LogP contribution in [0, 0.1) is 0 Å². The Balaban J connectivity index is 2.26. The van der Waals surface area contributed by atoms with Crippen molar-refractivity contribution in [3.05, 3.63) is 12.0 Å². The van der Waals surface area contributed by atoms with Crippen LogP contribution in [0.3, 0.4) is 0 Å². The van der Waals surface area contributed by atoms with Gasteiger partial charge in [0.2, 0.25) is 5.88 Å². The number of nitrogens with zero attached hydrogens (tertiary/aromatic N) is 1. The predicted octanol–water partition coefficient (Wildman–Crippen LogP) is 3.90. The van der Waals surface area contributed by atoms with Gasteiger partial charge >= 0.3 is 5.97 Å². The van der Waals surface area contributed by atoms with Gasteiger partial charge in [-0.2, -0.15) is 0 Å². The number of nitrogens with one attached hydrogen (secondary N) is 1. The second-order valence-corrected chi connectivity index (χ2v) is 5.49. The molecule has 5 heteroatoms. The summed E-state index contributed by atoms with van der Waals surface area (Å²) in [5, 5.41) is 9.30. The smallest absolute Gasteiger partial charge is 0.316 e. The van der Waals surface area contributed by atoms with Gasteiger partial charge < -0.3 is 14.8 Å². The van der Waals surface area contributed by atoms with Crippen LogP contribution in [0.2, 0.25) is 0 Å². The third-order valence-electron chi connectivity index (χ3n) is 3.74. The number of esters is 1. The van der Waals surface area contributed by atoms with Gasteiger partial charge in [-0.1, -0.05) is 58.3 Å². The summed E-state index contributed by atoms with van der Waals surface area (Å²) in [4.78, 5) is 18.5. The van der Waals surface area contributed by atoms with E-state index in [1.54, 1.807) is 0 Å². The SMILES string of the molecule is CCCCCCCCCCC(C(=O)OC)c1ncc(O)[nH]1. The standard InChI is InChI=1S/C16H28N2O3/c1-3-4-5-6-7-8-9-10-11-13(16(20)21-2)15-17-12-14(19)18-15/h12-13,19H,3-11H2,1-2H3,(H,17,18). The molecule has 120 valence electrons. The highest BCUT2D eigenvalue weighted by molar-refractivity contribution is 5.76. The Morgan fingerprint density at radius 2 is 1.86 bits per heavy atom. The van der Waals surface area contributed by atoms with Crippen LogP contribution in [-0.2, 0) is 9.53 Å². The van der Waals surface area contributed by atoms with Crippen LogP contribution in [0.25, 0.3) is 0 Å². The van der Waals surface area contributed by atoms with Gasteiger partial charge in [-0.05, 0) is 6.42 Å². The molecule has 0 aliphatic heterocycles. The molecule has 5 nitrogen and oxygen atoms in total. The van der Waals surface area contributed by atoms with Gasteiger partial charge in [0.1, 0.15) is 11.7 Å². The summed E-state index contributed by atoms with van der Waals surface area (Å²) >= 11 is 0. The molecule has 0 radical (unpaired) electrons. The lowest BCUT2D eigenvalue weighted by Gasteiger charge is -2.12. The number of aromatic hydroxyl groups is 1. The summed E-state index contributed by atoms with van der Waals surface area (Å²) in [5.41, 5.74) is 0. The highest BCUT2D eigenvalue weighted by Crippen LogP contribution is 2.23. The topological polar surface area (TPSA) is 75.2 Å². The van der Waals surface area contributed by atoms with Crippen molar-refractivity contribution in [3.8, 4) is 5.88 Å². The summed E-state index contributed by atoms with van der Waals surface area (Å²) in [6.45, 7) is 2.22. The van der Waals surface area contributed by atoms with E-state index >= 15 is 0 Å². The summed E-state index contributed by atoms with van der Waals surface area (Å²) in [5.74, 6) is -0.236. The maximum absolute atomic E-state index is 11.8. The number of unbranched alkanes of at least 4 members (excludes halogenated alkanes) is 7. The van der Waals surface area contributed by atoms with E-state index in [0.717, 1.165) is 12.8 Å². The number of hydrogen-bond acceptors (Lipinski definition) is 4. The molecule has 2 N–H and O–H groups in total. The quantitative estimate of drug-likeness (QED) is 0.479. The number of carbonyl (C=O) groups is 1. The van der Waals surface area contributed by atoms with Crippen LogP contribution >= 0.6 is 0 Å². The Kier molecular flexibility index (Phi) is 8.55. The number of hydrogen-bond donors (Lipinski definition) is 2. The lowest BCUT2D eigenvalue weighted by atomic mass is 9.99. The summed E-state index contributed by atoms with van der Waals surface area (Å²) in [6, 6.07) is 0. The van der Waals surface area contributed by atoms with E-state index in [4.69, 9.17) is 4.74 Å². The van der Waals surface area contributed by atoms with Crippen molar-refractivity contribution >= 4 is 5.97 Å². The zero-order valence-electron chi connectivity index (χ0n) is 13.2. The first-order valence-electron chi connectivity index (χ1n) is 8.00. The maximum atomic E-state index is 11.8. The van der Waals surface area contributed by atoms with E-state index in [1.165, 1.54) is 51.8 Å². The average Bonchev–Trinajstić information content (AvgIpc) is 2.91. The number of methoxy groups -OCH3 is 1. The van der Waals surface area contributed by atoms with Crippen LogP contribution in [0.15, 0.2) is 6.20 Å². The van der Waals surface area contributed by atoms with Crippen molar-refractivity contribution in [2.75, 3.05) is 7.11 Å². The first-order valence-corrected chi connectivity index (χ1v) is 8.00. The lowest BCUT2D eigenvalue weighted by Crippen LogP contribution is -2.15. The van der Waals surface area contributed by atoms with Crippen molar-refractivity contribution < 1.29 is 14.6 Å². The Hall–Kier alpha value is -1.52. The molecule has 1 aromatic rings. The Bertz CT molecular complexity index is 404. The molecule has 1 rings (SSSR count). The largest absolute Gasteiger partial charge is 0.493 e. The van der Waals surface area contributed by atoms with Gasteiger partial charge in [-0.15, -0.1) is 0 Å². The molecule has 0 aromatic carbocycles. The monoisotopic (exact) mass is 296 g/mol. The molecule has 0 spiro atoms. The van der Waals surface area contributed by atoms with E-state index in [9.17, 15) is 9.90 Å². The number of ether oxygens (including phenoxy) is 1. The second-order valence-electron chi connectivity index (χ2n) is 5.49. The molecule has 1 heterocycles. The molecule has 0 aliphatic carbocycles. The molecule has 0 aliphatic rings. The highest BCUT2D eigenvalue weighted by atomic mass is 16.5. The normalized spacial score (nSPS) is 12.3. The minimum absolute atomic E-state index is 0.0187. The number of carbonyl (C=O) groups excluding carboxylic acids is 1. The van der Waals surface area contributed by atoms with Crippen molar-refractivity contribution in [2.24, 2.45) is 0 Å². The number of aromatic nitrogens is 2. The zero-order chi connectivity index (χ0) is 15.5. The van der Waals surface area contributed by atoms with Gasteiger partial charge in [0.25, 0.3) is 0 Å². The zero-order valence-corrected chi connectivity index (χ0v) is 13.2. The number of H-pyrrole nitrogens is 1. The predicted molar refractivity (Wildman–Crippen MR) is 82.2 cm³/mol. The second kappa shape index (κ2) is 10.2. The van der Waals surface area contributed by atoms with Crippen LogP contribution < -0.4 is 0 Å². The highest BCUT2D eigenvalue weighted by Gasteiger charge is 2.23. The van der Waals surface area contributed by atoms with Gasteiger partial charge in [0.15, 0.2) is 0 Å². The molecule has 1 aromatic heterocycles. The lowest BCUT2D eigenvalue weighted by molar-refractivity contribution is -0.142. The summed E-state index contributed by atoms with van der Waals surface area (Å²) in [6.07, 6.45) is 11.8. The van der Waals surface area contributed by atoms with Crippen molar-refractivity contribution in [3.63, 3.8) is 0 Å². The van der Waals surface area contributed by atoms with Gasteiger partial charge in [0, 0.05) is 0 Å². The van der Waals surface area contributed by atoms with Crippen LogP contribution in [0.1, 0.15) is 76.5 Å². The molecule has 21 heavy (non-hydrogen) atoms. The first-order chi connectivity index (χ1) is 10.2. The van der Waals surface area contributed by atoms with Crippen LogP contribution in [0.4, 0.5) is 0 Å². The molecular weight excluding hydrogens is 268 g/mol. The van der Waals surface area contributed by atoms with E-state index in [0.29, 0.717) is 12.2 Å². The Morgan fingerprint density at radius 1 is 1.24 bits per heavy atom. The van der Waals surface area contributed by atoms with E-state index in [1.807, 2.05) is 0 Å². The van der Waals surface area contributed by atoms with Crippen molar-refractivity contribution in [2.45, 2.75) is 70.6 Å². The minimum atomic E-state index is -0.406. The minimum Gasteiger partial charge on any atom is -0.493 e. The third-order valence-corrected chi connectivity index (χ3v) is 3.74. The maximum Gasteiger partial charge on any atom is 0.316 e. The summed E-state index contributed by atoms with van der Waals surface area (Å²) < 4.78 is 4.82. The molecule has 0 fully saturated rings. The van der Waals surface area contributed by atoms with Crippen molar-refractivity contribution in [1.82, 2.24) is 9.97 Å².